The van der Waals surface area contributed by atoms with Crippen LogP contribution in [0.4, 0.5) is 4.39 Å². The summed E-state index contributed by atoms with van der Waals surface area (Å²) in [6.07, 6.45) is 3.57. The van der Waals surface area contributed by atoms with E-state index in [-0.39, 0.29) is 30.7 Å². The molecule has 3 aromatic rings. The minimum absolute atomic E-state index is 0.00887. The summed E-state index contributed by atoms with van der Waals surface area (Å²) < 4.78 is 15.2. The second kappa shape index (κ2) is 7.87. The summed E-state index contributed by atoms with van der Waals surface area (Å²) in [6, 6.07) is 15.1. The fraction of sp³-hybridized carbons (Fsp3) is 0.227. The van der Waals surface area contributed by atoms with Gasteiger partial charge in [-0.1, -0.05) is 24.3 Å². The second-order valence-electron chi connectivity index (χ2n) is 7.14. The summed E-state index contributed by atoms with van der Waals surface area (Å²) in [5.41, 5.74) is 2.53. The third-order valence-corrected chi connectivity index (χ3v) is 5.10. The predicted octanol–water partition coefficient (Wildman–Crippen LogP) is 2.77. The molecule has 0 radical (unpaired) electrons. The van der Waals surface area contributed by atoms with E-state index in [1.54, 1.807) is 34.8 Å². The van der Waals surface area contributed by atoms with E-state index in [1.807, 2.05) is 36.5 Å². The Labute approximate surface area is 168 Å². The molecule has 2 heterocycles. The van der Waals surface area contributed by atoms with E-state index in [0.29, 0.717) is 12.1 Å². The van der Waals surface area contributed by atoms with Crippen LogP contribution in [0.1, 0.15) is 18.1 Å². The quantitative estimate of drug-likeness (QED) is 0.671. The van der Waals surface area contributed by atoms with Crippen LogP contribution < -0.4 is 0 Å². The zero-order chi connectivity index (χ0) is 20.4. The van der Waals surface area contributed by atoms with Crippen LogP contribution >= 0.6 is 0 Å². The van der Waals surface area contributed by atoms with Gasteiger partial charge in [0, 0.05) is 25.5 Å². The number of hydrogen-bond acceptors (Lipinski definition) is 3. The first-order chi connectivity index (χ1) is 14.0. The summed E-state index contributed by atoms with van der Waals surface area (Å²) in [7, 11) is 0. The van der Waals surface area contributed by atoms with Gasteiger partial charge in [-0.2, -0.15) is 5.10 Å². The van der Waals surface area contributed by atoms with Gasteiger partial charge in [-0.05, 0) is 48.4 Å². The Balaban J connectivity index is 1.44. The predicted molar refractivity (Wildman–Crippen MR) is 105 cm³/mol. The first kappa shape index (κ1) is 18.9. The van der Waals surface area contributed by atoms with E-state index in [2.05, 4.69) is 5.10 Å². The van der Waals surface area contributed by atoms with E-state index in [9.17, 15) is 14.0 Å². The number of rotatable bonds is 5. The van der Waals surface area contributed by atoms with Crippen molar-refractivity contribution in [1.29, 1.82) is 0 Å². The average Bonchev–Trinajstić information content (AvgIpc) is 3.25. The standard InChI is InChI=1S/C22H21FN4O2/c1-16-22(29)25(13-18-4-2-5-19(23)12-18)15-21(28)26(16)14-17-6-8-20(9-7-17)27-11-3-10-24-27/h2-12,16H,13-15H2,1H3/t16-/m0/s1. The molecule has 148 valence electrons. The lowest BCUT2D eigenvalue weighted by Crippen LogP contribution is -2.57. The number of carbonyl (C=O) groups excluding carboxylic acids is 2. The van der Waals surface area contributed by atoms with Crippen LogP contribution in [-0.4, -0.2) is 44.0 Å². The molecule has 0 unspecified atom stereocenters. The van der Waals surface area contributed by atoms with Crippen molar-refractivity contribution in [3.63, 3.8) is 0 Å². The van der Waals surface area contributed by atoms with Crippen molar-refractivity contribution in [2.45, 2.75) is 26.1 Å². The van der Waals surface area contributed by atoms with Gasteiger partial charge in [-0.3, -0.25) is 9.59 Å². The number of carbonyl (C=O) groups is 2. The normalized spacial score (nSPS) is 17.1. The van der Waals surface area contributed by atoms with E-state index < -0.39 is 6.04 Å². The van der Waals surface area contributed by atoms with E-state index in [0.717, 1.165) is 11.3 Å². The highest BCUT2D eigenvalue weighted by molar-refractivity contribution is 5.94. The first-order valence-electron chi connectivity index (χ1n) is 9.43. The second-order valence-corrected chi connectivity index (χ2v) is 7.14. The van der Waals surface area contributed by atoms with Crippen LogP contribution in [0.5, 0.6) is 0 Å². The van der Waals surface area contributed by atoms with Crippen molar-refractivity contribution in [2.75, 3.05) is 6.54 Å². The lowest BCUT2D eigenvalue weighted by atomic mass is 10.1. The Morgan fingerprint density at radius 2 is 1.83 bits per heavy atom. The van der Waals surface area contributed by atoms with E-state index >= 15 is 0 Å². The Morgan fingerprint density at radius 3 is 2.52 bits per heavy atom. The first-order valence-corrected chi connectivity index (χ1v) is 9.43. The number of benzene rings is 2. The zero-order valence-corrected chi connectivity index (χ0v) is 16.0. The third-order valence-electron chi connectivity index (χ3n) is 5.10. The van der Waals surface area contributed by atoms with Crippen molar-refractivity contribution >= 4 is 11.8 Å². The Hall–Kier alpha value is -3.48. The molecule has 0 spiro atoms. The lowest BCUT2D eigenvalue weighted by molar-refractivity contribution is -0.156. The molecule has 0 saturated carbocycles. The third kappa shape index (κ3) is 4.03. The molecule has 0 aliphatic carbocycles. The maximum Gasteiger partial charge on any atom is 0.245 e. The monoisotopic (exact) mass is 392 g/mol. The summed E-state index contributed by atoms with van der Waals surface area (Å²) in [4.78, 5) is 28.6. The summed E-state index contributed by atoms with van der Waals surface area (Å²) >= 11 is 0. The molecular formula is C22H21FN4O2. The summed E-state index contributed by atoms with van der Waals surface area (Å²) in [5.74, 6) is -0.613. The molecule has 4 rings (SSSR count). The topological polar surface area (TPSA) is 58.4 Å². The van der Waals surface area contributed by atoms with Crippen LogP contribution in [0, 0.1) is 5.82 Å². The van der Waals surface area contributed by atoms with Gasteiger partial charge in [0.2, 0.25) is 11.8 Å². The Kier molecular flexibility index (Phi) is 5.12. The van der Waals surface area contributed by atoms with Gasteiger partial charge in [0.25, 0.3) is 0 Å². The van der Waals surface area contributed by atoms with Crippen LogP contribution in [0.15, 0.2) is 67.0 Å². The van der Waals surface area contributed by atoms with Crippen LogP contribution in [0.2, 0.25) is 0 Å². The van der Waals surface area contributed by atoms with Crippen LogP contribution in [0.3, 0.4) is 0 Å². The number of nitrogens with zero attached hydrogens (tertiary/aromatic N) is 4. The molecule has 0 bridgehead atoms. The van der Waals surface area contributed by atoms with Gasteiger partial charge >= 0.3 is 0 Å². The van der Waals surface area contributed by atoms with E-state index in [1.165, 1.54) is 17.0 Å². The van der Waals surface area contributed by atoms with Gasteiger partial charge in [0.1, 0.15) is 18.4 Å². The molecule has 6 nitrogen and oxygen atoms in total. The molecular weight excluding hydrogens is 371 g/mol. The molecule has 1 aliphatic rings. The van der Waals surface area contributed by atoms with Gasteiger partial charge in [0.05, 0.1) is 5.69 Å². The molecule has 0 N–H and O–H groups in total. The molecule has 1 atom stereocenters. The highest BCUT2D eigenvalue weighted by atomic mass is 19.1. The minimum Gasteiger partial charge on any atom is -0.327 e. The highest BCUT2D eigenvalue weighted by Crippen LogP contribution is 2.19. The average molecular weight is 392 g/mol. The largest absolute Gasteiger partial charge is 0.327 e. The fourth-order valence-corrected chi connectivity index (χ4v) is 3.53. The van der Waals surface area contributed by atoms with Crippen LogP contribution in [-0.2, 0) is 22.7 Å². The summed E-state index contributed by atoms with van der Waals surface area (Å²) in [5, 5.41) is 4.19. The Morgan fingerprint density at radius 1 is 1.03 bits per heavy atom. The molecule has 1 aromatic heterocycles. The number of aromatic nitrogens is 2. The number of amides is 2. The summed E-state index contributed by atoms with van der Waals surface area (Å²) in [6.45, 7) is 2.30. The highest BCUT2D eigenvalue weighted by Gasteiger charge is 2.36. The van der Waals surface area contributed by atoms with Crippen molar-refractivity contribution < 1.29 is 14.0 Å². The minimum atomic E-state index is -0.574. The van der Waals surface area contributed by atoms with Gasteiger partial charge < -0.3 is 9.80 Å². The van der Waals surface area contributed by atoms with Gasteiger partial charge in [-0.25, -0.2) is 9.07 Å². The van der Waals surface area contributed by atoms with Crippen molar-refractivity contribution in [1.82, 2.24) is 19.6 Å². The number of piperazine rings is 1. The van der Waals surface area contributed by atoms with E-state index in [4.69, 9.17) is 0 Å². The molecule has 1 fully saturated rings. The van der Waals surface area contributed by atoms with Gasteiger partial charge in [0.15, 0.2) is 0 Å². The zero-order valence-electron chi connectivity index (χ0n) is 16.0. The molecule has 1 aliphatic heterocycles. The smallest absolute Gasteiger partial charge is 0.245 e. The SMILES string of the molecule is C[C@H]1C(=O)N(Cc2cccc(F)c2)CC(=O)N1Cc1ccc(-n2cccn2)cc1. The van der Waals surface area contributed by atoms with Crippen molar-refractivity contribution in [2.24, 2.45) is 0 Å². The molecule has 29 heavy (non-hydrogen) atoms. The van der Waals surface area contributed by atoms with Crippen molar-refractivity contribution in [3.05, 3.63) is 83.9 Å². The maximum atomic E-state index is 13.4. The molecule has 2 amide bonds. The van der Waals surface area contributed by atoms with Crippen LogP contribution in [0.25, 0.3) is 5.69 Å². The van der Waals surface area contributed by atoms with Crippen molar-refractivity contribution in [3.8, 4) is 5.69 Å². The molecule has 2 aromatic carbocycles. The fourth-order valence-electron chi connectivity index (χ4n) is 3.53. The number of hydrogen-bond donors (Lipinski definition) is 0. The molecule has 7 heteroatoms. The molecule has 1 saturated heterocycles. The van der Waals surface area contributed by atoms with Gasteiger partial charge in [-0.15, -0.1) is 0 Å². The maximum absolute atomic E-state index is 13.4. The Bertz CT molecular complexity index is 1020. The lowest BCUT2D eigenvalue weighted by Gasteiger charge is -2.38. The number of halogens is 1.